The molecule has 3 aliphatic carbocycles. The molecule has 0 saturated heterocycles. The molecular weight excluding hydrogens is 494 g/mol. The van der Waals surface area contributed by atoms with E-state index in [1.165, 1.54) is 107 Å². The van der Waals surface area contributed by atoms with Crippen LogP contribution in [0.4, 0.5) is 8.78 Å². The Morgan fingerprint density at radius 3 is 1.68 bits per heavy atom. The van der Waals surface area contributed by atoms with E-state index in [2.05, 4.69) is 25.1 Å². The minimum atomic E-state index is -0.0266. The third kappa shape index (κ3) is 7.38. The van der Waals surface area contributed by atoms with Crippen LogP contribution in [0.15, 0.2) is 36.4 Å². The van der Waals surface area contributed by atoms with E-state index in [0.717, 1.165) is 48.1 Å². The van der Waals surface area contributed by atoms with E-state index in [1.807, 2.05) is 19.1 Å². The fraction of sp³-hybridized carbons (Fsp3) is 0.684. The van der Waals surface area contributed by atoms with Gasteiger partial charge >= 0.3 is 0 Å². The van der Waals surface area contributed by atoms with Crippen LogP contribution in [0.5, 0.6) is 0 Å². The van der Waals surface area contributed by atoms with Crippen LogP contribution in [0.3, 0.4) is 0 Å². The van der Waals surface area contributed by atoms with Gasteiger partial charge in [-0.05, 0) is 153 Å². The summed E-state index contributed by atoms with van der Waals surface area (Å²) in [6.07, 6.45) is 22.4. The number of hydrogen-bond acceptors (Lipinski definition) is 0. The van der Waals surface area contributed by atoms with Crippen molar-refractivity contribution in [3.63, 3.8) is 0 Å². The lowest BCUT2D eigenvalue weighted by Crippen LogP contribution is -2.25. The maximum atomic E-state index is 15.4. The minimum absolute atomic E-state index is 0.0266. The summed E-state index contributed by atoms with van der Waals surface area (Å²) >= 11 is 0. The number of benzene rings is 2. The van der Waals surface area contributed by atoms with Gasteiger partial charge in [0.05, 0.1) is 0 Å². The van der Waals surface area contributed by atoms with E-state index in [-0.39, 0.29) is 11.6 Å². The number of aryl methyl sites for hydroxylation is 1. The molecule has 0 spiro atoms. The Balaban J connectivity index is 1.07. The molecule has 0 amide bonds. The van der Waals surface area contributed by atoms with Crippen LogP contribution in [0.25, 0.3) is 0 Å². The molecule has 0 aromatic heterocycles. The van der Waals surface area contributed by atoms with Gasteiger partial charge < -0.3 is 0 Å². The van der Waals surface area contributed by atoms with E-state index in [1.54, 1.807) is 6.07 Å². The molecule has 0 unspecified atom stereocenters. The van der Waals surface area contributed by atoms with Gasteiger partial charge in [-0.25, -0.2) is 8.78 Å². The van der Waals surface area contributed by atoms with Gasteiger partial charge in [-0.1, -0.05) is 70.2 Å². The lowest BCUT2D eigenvalue weighted by atomic mass is 9.67. The fourth-order valence-electron chi connectivity index (χ4n) is 8.70. The zero-order valence-electron chi connectivity index (χ0n) is 25.4. The summed E-state index contributed by atoms with van der Waals surface area (Å²) in [6, 6.07) is 12.3. The Labute approximate surface area is 243 Å². The number of unbranched alkanes of at least 4 members (excludes halogenated alkanes) is 3. The Bertz CT molecular complexity index is 1050. The van der Waals surface area contributed by atoms with Crippen molar-refractivity contribution in [3.05, 3.63) is 70.3 Å². The first-order valence-electron chi connectivity index (χ1n) is 17.1. The first-order valence-corrected chi connectivity index (χ1v) is 17.1. The van der Waals surface area contributed by atoms with Crippen LogP contribution < -0.4 is 0 Å². The molecule has 220 valence electrons. The second-order valence-corrected chi connectivity index (χ2v) is 13.8. The van der Waals surface area contributed by atoms with Crippen LogP contribution in [0, 0.1) is 29.4 Å². The maximum absolute atomic E-state index is 15.4. The third-order valence-corrected chi connectivity index (χ3v) is 11.4. The number of hydrogen-bond donors (Lipinski definition) is 0. The molecule has 40 heavy (non-hydrogen) atoms. The van der Waals surface area contributed by atoms with Gasteiger partial charge in [0, 0.05) is 0 Å². The first-order chi connectivity index (χ1) is 19.6. The van der Waals surface area contributed by atoms with E-state index in [9.17, 15) is 4.39 Å². The van der Waals surface area contributed by atoms with Crippen LogP contribution in [0.1, 0.15) is 163 Å². The highest BCUT2D eigenvalue weighted by molar-refractivity contribution is 5.30. The van der Waals surface area contributed by atoms with Gasteiger partial charge in [-0.2, -0.15) is 0 Å². The lowest BCUT2D eigenvalue weighted by molar-refractivity contribution is 0.176. The largest absolute Gasteiger partial charge is 0.207 e. The van der Waals surface area contributed by atoms with E-state index >= 15 is 4.39 Å². The molecule has 0 atom stereocenters. The smallest absolute Gasteiger partial charge is 0.126 e. The summed E-state index contributed by atoms with van der Waals surface area (Å²) in [4.78, 5) is 0. The van der Waals surface area contributed by atoms with Crippen molar-refractivity contribution >= 4 is 0 Å². The van der Waals surface area contributed by atoms with Crippen molar-refractivity contribution in [1.82, 2.24) is 0 Å². The Morgan fingerprint density at radius 2 is 1.12 bits per heavy atom. The predicted octanol–water partition coefficient (Wildman–Crippen LogP) is 12.0. The van der Waals surface area contributed by atoms with Crippen molar-refractivity contribution in [2.24, 2.45) is 17.8 Å². The summed E-state index contributed by atoms with van der Waals surface area (Å²) in [7, 11) is 0. The molecule has 3 saturated carbocycles. The third-order valence-electron chi connectivity index (χ3n) is 11.4. The maximum Gasteiger partial charge on any atom is 0.126 e. The molecule has 5 rings (SSSR count). The molecule has 3 fully saturated rings. The van der Waals surface area contributed by atoms with Gasteiger partial charge in [-0.15, -0.1) is 0 Å². The Morgan fingerprint density at radius 1 is 0.575 bits per heavy atom. The average Bonchev–Trinajstić information content (AvgIpc) is 3.00. The highest BCUT2D eigenvalue weighted by Crippen LogP contribution is 2.46. The first kappa shape index (κ1) is 29.8. The van der Waals surface area contributed by atoms with Gasteiger partial charge in [-0.3, -0.25) is 0 Å². The second-order valence-electron chi connectivity index (χ2n) is 13.8. The summed E-state index contributed by atoms with van der Waals surface area (Å²) < 4.78 is 29.8. The zero-order chi connectivity index (χ0) is 27.9. The standard InChI is InChI=1S/C38H54F2/c1-3-5-6-7-8-27-9-11-31(12-10-27)35-23-24-36(38(40)26-35)33-20-18-30(19-21-33)29-14-16-32(17-15-29)34-22-13-28(4-2)37(39)25-34/h13,22-27,29-33H,3-12,14-21H2,1-2H3. The lowest BCUT2D eigenvalue weighted by Gasteiger charge is -2.38. The molecule has 0 radical (unpaired) electrons. The molecule has 0 N–H and O–H groups in total. The molecular formula is C38H54F2. The van der Waals surface area contributed by atoms with Crippen molar-refractivity contribution in [3.8, 4) is 0 Å². The van der Waals surface area contributed by atoms with Crippen molar-refractivity contribution < 1.29 is 8.78 Å². The normalized spacial score (nSPS) is 29.4. The molecule has 3 aliphatic rings. The topological polar surface area (TPSA) is 0 Å². The molecule has 0 nitrogen and oxygen atoms in total. The molecule has 0 bridgehead atoms. The van der Waals surface area contributed by atoms with Crippen LogP contribution in [0.2, 0.25) is 0 Å². The summed E-state index contributed by atoms with van der Waals surface area (Å²) in [5, 5.41) is 0. The quantitative estimate of drug-likeness (QED) is 0.259. The fourth-order valence-corrected chi connectivity index (χ4v) is 8.70. The molecule has 2 heteroatoms. The summed E-state index contributed by atoms with van der Waals surface area (Å²) in [5.74, 6) is 3.98. The minimum Gasteiger partial charge on any atom is -0.207 e. The Kier molecular flexibility index (Phi) is 10.8. The van der Waals surface area contributed by atoms with Gasteiger partial charge in [0.25, 0.3) is 0 Å². The SMILES string of the molecule is CCCCCCC1CCC(c2ccc(C3CCC(C4CCC(c5ccc(CC)c(F)c5)CC4)CC3)c(F)c2)CC1. The predicted molar refractivity (Wildman–Crippen MR) is 165 cm³/mol. The van der Waals surface area contributed by atoms with Crippen LogP contribution in [-0.4, -0.2) is 0 Å². The monoisotopic (exact) mass is 548 g/mol. The Hall–Kier alpha value is -1.70. The average molecular weight is 549 g/mol. The highest BCUT2D eigenvalue weighted by atomic mass is 19.1. The van der Waals surface area contributed by atoms with Crippen LogP contribution >= 0.6 is 0 Å². The molecule has 2 aromatic carbocycles. The van der Waals surface area contributed by atoms with Crippen molar-refractivity contribution in [2.75, 3.05) is 0 Å². The van der Waals surface area contributed by atoms with E-state index in [0.29, 0.717) is 17.8 Å². The van der Waals surface area contributed by atoms with Crippen molar-refractivity contribution in [1.29, 1.82) is 0 Å². The molecule has 0 aliphatic heterocycles. The number of rotatable bonds is 10. The summed E-state index contributed by atoms with van der Waals surface area (Å²) in [5.41, 5.74) is 4.26. The van der Waals surface area contributed by atoms with Crippen LogP contribution in [-0.2, 0) is 6.42 Å². The zero-order valence-corrected chi connectivity index (χ0v) is 25.4. The highest BCUT2D eigenvalue weighted by Gasteiger charge is 2.33. The molecule has 2 aromatic rings. The molecule has 0 heterocycles. The second kappa shape index (κ2) is 14.5. The van der Waals surface area contributed by atoms with Gasteiger partial charge in [0.2, 0.25) is 0 Å². The van der Waals surface area contributed by atoms with Gasteiger partial charge in [0.1, 0.15) is 11.6 Å². The number of halogens is 2. The van der Waals surface area contributed by atoms with Gasteiger partial charge in [0.15, 0.2) is 0 Å². The summed E-state index contributed by atoms with van der Waals surface area (Å²) in [6.45, 7) is 4.30. The van der Waals surface area contributed by atoms with Crippen molar-refractivity contribution in [2.45, 2.75) is 147 Å². The van der Waals surface area contributed by atoms with E-state index < -0.39 is 0 Å². The van der Waals surface area contributed by atoms with E-state index in [4.69, 9.17) is 0 Å².